The highest BCUT2D eigenvalue weighted by Gasteiger charge is 2.43. The molecule has 96 valence electrons. The zero-order valence-electron chi connectivity index (χ0n) is 11.2. The van der Waals surface area contributed by atoms with E-state index >= 15 is 0 Å². The predicted molar refractivity (Wildman–Crippen MR) is 72.2 cm³/mol. The Labute approximate surface area is 106 Å². The van der Waals surface area contributed by atoms with E-state index < -0.39 is 0 Å². The SMILES string of the molecule is CC1(N2CCN(CC3=CCCCC3)CC2)CC1. The summed E-state index contributed by atoms with van der Waals surface area (Å²) in [6.45, 7) is 8.85. The van der Waals surface area contributed by atoms with Crippen LogP contribution < -0.4 is 0 Å². The molecule has 2 fully saturated rings. The van der Waals surface area contributed by atoms with E-state index in [0.29, 0.717) is 5.54 Å². The van der Waals surface area contributed by atoms with E-state index in [1.807, 2.05) is 0 Å². The molecule has 0 amide bonds. The number of allylic oxidation sites excluding steroid dienone is 1. The van der Waals surface area contributed by atoms with Crippen molar-refractivity contribution in [3.63, 3.8) is 0 Å². The minimum Gasteiger partial charge on any atom is -0.297 e. The van der Waals surface area contributed by atoms with Gasteiger partial charge in [-0.1, -0.05) is 11.6 Å². The van der Waals surface area contributed by atoms with Crippen LogP contribution in [0.4, 0.5) is 0 Å². The van der Waals surface area contributed by atoms with Crippen LogP contribution in [-0.4, -0.2) is 48.1 Å². The highest BCUT2D eigenvalue weighted by atomic mass is 15.3. The van der Waals surface area contributed by atoms with Gasteiger partial charge in [0.15, 0.2) is 0 Å². The molecule has 0 atom stereocenters. The highest BCUT2D eigenvalue weighted by molar-refractivity contribution is 5.08. The molecule has 0 radical (unpaired) electrons. The summed E-state index contributed by atoms with van der Waals surface area (Å²) in [4.78, 5) is 5.39. The van der Waals surface area contributed by atoms with Crippen LogP contribution in [0.5, 0.6) is 0 Å². The summed E-state index contributed by atoms with van der Waals surface area (Å²) in [5.74, 6) is 0. The van der Waals surface area contributed by atoms with Gasteiger partial charge in [0.25, 0.3) is 0 Å². The summed E-state index contributed by atoms with van der Waals surface area (Å²) < 4.78 is 0. The summed E-state index contributed by atoms with van der Waals surface area (Å²) in [5.41, 5.74) is 2.30. The molecule has 1 saturated carbocycles. The van der Waals surface area contributed by atoms with E-state index in [9.17, 15) is 0 Å². The van der Waals surface area contributed by atoms with Gasteiger partial charge >= 0.3 is 0 Å². The van der Waals surface area contributed by atoms with E-state index in [1.54, 1.807) is 5.57 Å². The lowest BCUT2D eigenvalue weighted by molar-refractivity contribution is 0.0970. The average Bonchev–Trinajstić information content (AvgIpc) is 3.11. The molecule has 0 aromatic heterocycles. The first-order chi connectivity index (χ1) is 8.26. The monoisotopic (exact) mass is 234 g/mol. The second kappa shape index (κ2) is 4.74. The Kier molecular flexibility index (Phi) is 3.27. The van der Waals surface area contributed by atoms with Crippen molar-refractivity contribution in [2.45, 2.75) is 51.0 Å². The highest BCUT2D eigenvalue weighted by Crippen LogP contribution is 2.41. The van der Waals surface area contributed by atoms with E-state index in [-0.39, 0.29) is 0 Å². The maximum Gasteiger partial charge on any atom is 0.0193 e. The van der Waals surface area contributed by atoms with Crippen LogP contribution >= 0.6 is 0 Å². The van der Waals surface area contributed by atoms with Gasteiger partial charge in [0.1, 0.15) is 0 Å². The van der Waals surface area contributed by atoms with Crippen molar-refractivity contribution in [3.05, 3.63) is 11.6 Å². The summed E-state index contributed by atoms with van der Waals surface area (Å²) in [7, 11) is 0. The number of nitrogens with zero attached hydrogens (tertiary/aromatic N) is 2. The lowest BCUT2D eigenvalue weighted by atomic mass is 9.99. The topological polar surface area (TPSA) is 6.48 Å². The Hall–Kier alpha value is -0.340. The third kappa shape index (κ3) is 2.74. The van der Waals surface area contributed by atoms with Crippen molar-refractivity contribution >= 4 is 0 Å². The quantitative estimate of drug-likeness (QED) is 0.693. The molecule has 3 aliphatic rings. The molecule has 1 aliphatic heterocycles. The molecule has 0 N–H and O–H groups in total. The van der Waals surface area contributed by atoms with E-state index in [0.717, 1.165) is 0 Å². The fourth-order valence-electron chi connectivity index (χ4n) is 3.28. The summed E-state index contributed by atoms with van der Waals surface area (Å²) in [6, 6.07) is 0. The fourth-order valence-corrected chi connectivity index (χ4v) is 3.28. The van der Waals surface area contributed by atoms with Crippen LogP contribution in [0.2, 0.25) is 0 Å². The first-order valence-corrected chi connectivity index (χ1v) is 7.42. The van der Waals surface area contributed by atoms with Crippen LogP contribution in [0.3, 0.4) is 0 Å². The molecule has 0 aromatic rings. The number of hydrogen-bond acceptors (Lipinski definition) is 2. The van der Waals surface area contributed by atoms with Crippen molar-refractivity contribution < 1.29 is 0 Å². The van der Waals surface area contributed by atoms with Gasteiger partial charge in [-0.25, -0.2) is 0 Å². The Morgan fingerprint density at radius 1 is 1.12 bits per heavy atom. The third-order valence-electron chi connectivity index (χ3n) is 4.92. The fraction of sp³-hybridized carbons (Fsp3) is 0.867. The van der Waals surface area contributed by atoms with Crippen LogP contribution in [0, 0.1) is 0 Å². The molecule has 0 aromatic carbocycles. The molecular formula is C15H26N2. The lowest BCUT2D eigenvalue weighted by Crippen LogP contribution is -2.50. The maximum absolute atomic E-state index is 2.72. The molecule has 2 nitrogen and oxygen atoms in total. The Morgan fingerprint density at radius 2 is 1.88 bits per heavy atom. The predicted octanol–water partition coefficient (Wildman–Crippen LogP) is 2.66. The standard InChI is InChI=1S/C15H26N2/c1-15(7-8-15)17-11-9-16(10-12-17)13-14-5-3-2-4-6-14/h5H,2-4,6-13H2,1H3. The van der Waals surface area contributed by atoms with Crippen LogP contribution in [0.1, 0.15) is 45.4 Å². The molecule has 1 heterocycles. The molecule has 0 bridgehead atoms. The van der Waals surface area contributed by atoms with Gasteiger partial charge in [-0.2, -0.15) is 0 Å². The second-order valence-electron chi connectivity index (χ2n) is 6.37. The zero-order chi connectivity index (χ0) is 11.7. The molecule has 3 rings (SSSR count). The third-order valence-corrected chi connectivity index (χ3v) is 4.92. The van der Waals surface area contributed by atoms with Gasteiger partial charge < -0.3 is 0 Å². The van der Waals surface area contributed by atoms with Crippen molar-refractivity contribution in [2.24, 2.45) is 0 Å². The molecule has 17 heavy (non-hydrogen) atoms. The average molecular weight is 234 g/mol. The van der Waals surface area contributed by atoms with Crippen molar-refractivity contribution in [1.29, 1.82) is 0 Å². The normalized spacial score (nSPS) is 30.1. The lowest BCUT2D eigenvalue weighted by Gasteiger charge is -2.39. The van der Waals surface area contributed by atoms with E-state index in [4.69, 9.17) is 0 Å². The van der Waals surface area contributed by atoms with Gasteiger partial charge in [0, 0.05) is 38.3 Å². The van der Waals surface area contributed by atoms with Crippen LogP contribution in [-0.2, 0) is 0 Å². The number of piperazine rings is 1. The summed E-state index contributed by atoms with van der Waals surface area (Å²) >= 11 is 0. The maximum atomic E-state index is 2.72. The minimum atomic E-state index is 0.593. The summed E-state index contributed by atoms with van der Waals surface area (Å²) in [5, 5.41) is 0. The Bertz CT molecular complexity index is 296. The zero-order valence-corrected chi connectivity index (χ0v) is 11.2. The molecular weight excluding hydrogens is 208 g/mol. The van der Waals surface area contributed by atoms with Gasteiger partial charge in [0.05, 0.1) is 0 Å². The first-order valence-electron chi connectivity index (χ1n) is 7.42. The number of hydrogen-bond donors (Lipinski definition) is 0. The van der Waals surface area contributed by atoms with Gasteiger partial charge in [-0.05, 0) is 45.4 Å². The molecule has 2 heteroatoms. The number of rotatable bonds is 3. The van der Waals surface area contributed by atoms with Crippen molar-refractivity contribution in [1.82, 2.24) is 9.80 Å². The largest absolute Gasteiger partial charge is 0.297 e. The van der Waals surface area contributed by atoms with E-state index in [2.05, 4.69) is 22.8 Å². The van der Waals surface area contributed by atoms with Crippen LogP contribution in [0.25, 0.3) is 0 Å². The molecule has 2 aliphatic carbocycles. The van der Waals surface area contributed by atoms with Crippen molar-refractivity contribution in [3.8, 4) is 0 Å². The summed E-state index contributed by atoms with van der Waals surface area (Å²) in [6.07, 6.45) is 10.9. The Morgan fingerprint density at radius 3 is 2.47 bits per heavy atom. The minimum absolute atomic E-state index is 0.593. The van der Waals surface area contributed by atoms with E-state index in [1.165, 1.54) is 71.2 Å². The molecule has 1 saturated heterocycles. The smallest absolute Gasteiger partial charge is 0.0193 e. The molecule has 0 unspecified atom stereocenters. The Balaban J connectivity index is 1.46. The first kappa shape index (κ1) is 11.7. The van der Waals surface area contributed by atoms with Gasteiger partial charge in [-0.15, -0.1) is 0 Å². The van der Waals surface area contributed by atoms with Gasteiger partial charge in [0.2, 0.25) is 0 Å². The van der Waals surface area contributed by atoms with Gasteiger partial charge in [-0.3, -0.25) is 9.80 Å². The van der Waals surface area contributed by atoms with Crippen LogP contribution in [0.15, 0.2) is 11.6 Å². The van der Waals surface area contributed by atoms with Crippen molar-refractivity contribution in [2.75, 3.05) is 32.7 Å². The molecule has 0 spiro atoms. The second-order valence-corrected chi connectivity index (χ2v) is 6.37.